The molecule has 1 aliphatic rings. The van der Waals surface area contributed by atoms with E-state index in [-0.39, 0.29) is 5.82 Å². The van der Waals surface area contributed by atoms with Gasteiger partial charge >= 0.3 is 0 Å². The average Bonchev–Trinajstić information content (AvgIpc) is 2.76. The second kappa shape index (κ2) is 4.73. The molecule has 94 valence electrons. The van der Waals surface area contributed by atoms with Gasteiger partial charge in [0.25, 0.3) is 0 Å². The number of halogens is 2. The summed E-state index contributed by atoms with van der Waals surface area (Å²) in [5.74, 6) is -0.295. The second-order valence-corrected chi connectivity index (χ2v) is 5.12. The number of benzene rings is 1. The molecule has 1 heterocycles. The van der Waals surface area contributed by atoms with Gasteiger partial charge in [0.15, 0.2) is 0 Å². The van der Waals surface area contributed by atoms with Gasteiger partial charge in [0.05, 0.1) is 18.6 Å². The molecule has 2 nitrogen and oxygen atoms in total. The molecular formula is C14H14ClFN2. The van der Waals surface area contributed by atoms with Crippen LogP contribution < -0.4 is 0 Å². The highest BCUT2D eigenvalue weighted by atomic mass is 35.5. The van der Waals surface area contributed by atoms with E-state index in [4.69, 9.17) is 11.6 Å². The van der Waals surface area contributed by atoms with Gasteiger partial charge in [-0.1, -0.05) is 17.7 Å². The van der Waals surface area contributed by atoms with E-state index in [1.807, 2.05) is 6.33 Å². The number of hydrogen-bond acceptors (Lipinski definition) is 1. The van der Waals surface area contributed by atoms with Gasteiger partial charge in [-0.05, 0) is 43.4 Å². The van der Waals surface area contributed by atoms with Gasteiger partial charge in [0, 0.05) is 10.7 Å². The number of rotatable bonds is 2. The first-order valence-electron chi connectivity index (χ1n) is 6.21. The maximum atomic E-state index is 13.0. The van der Waals surface area contributed by atoms with Crippen LogP contribution in [0.4, 0.5) is 4.39 Å². The van der Waals surface area contributed by atoms with Crippen LogP contribution in [0.2, 0.25) is 5.02 Å². The molecule has 3 rings (SSSR count). The minimum atomic E-state index is -0.295. The minimum Gasteiger partial charge on any atom is -0.330 e. The van der Waals surface area contributed by atoms with Crippen molar-refractivity contribution in [3.05, 3.63) is 52.3 Å². The Labute approximate surface area is 110 Å². The van der Waals surface area contributed by atoms with Crippen molar-refractivity contribution in [3.63, 3.8) is 0 Å². The van der Waals surface area contributed by atoms with Crippen molar-refractivity contribution in [2.24, 2.45) is 0 Å². The van der Waals surface area contributed by atoms with Crippen molar-refractivity contribution in [3.8, 4) is 0 Å². The van der Waals surface area contributed by atoms with E-state index < -0.39 is 0 Å². The number of nitrogens with zero attached hydrogens (tertiary/aromatic N) is 2. The third-order valence-corrected chi connectivity index (χ3v) is 3.82. The summed E-state index contributed by atoms with van der Waals surface area (Å²) in [6.07, 6.45) is 6.46. The Morgan fingerprint density at radius 1 is 1.28 bits per heavy atom. The largest absolute Gasteiger partial charge is 0.330 e. The van der Waals surface area contributed by atoms with Crippen molar-refractivity contribution < 1.29 is 4.39 Å². The Bertz CT molecular complexity index is 577. The van der Waals surface area contributed by atoms with Crippen molar-refractivity contribution >= 4 is 11.6 Å². The van der Waals surface area contributed by atoms with Crippen molar-refractivity contribution in [1.82, 2.24) is 9.55 Å². The van der Waals surface area contributed by atoms with Gasteiger partial charge in [-0.15, -0.1) is 0 Å². The average molecular weight is 265 g/mol. The van der Waals surface area contributed by atoms with Crippen molar-refractivity contribution in [2.75, 3.05) is 0 Å². The first-order valence-corrected chi connectivity index (χ1v) is 6.58. The third-order valence-electron chi connectivity index (χ3n) is 3.47. The van der Waals surface area contributed by atoms with Gasteiger partial charge in [-0.25, -0.2) is 9.37 Å². The summed E-state index contributed by atoms with van der Waals surface area (Å²) in [5, 5.41) is 0.480. The molecule has 0 fully saturated rings. The van der Waals surface area contributed by atoms with Crippen LogP contribution >= 0.6 is 11.6 Å². The number of fused-ring (bicyclic) bond motifs is 1. The normalized spacial score (nSPS) is 14.6. The molecule has 0 aliphatic heterocycles. The molecule has 2 aromatic rings. The molecule has 1 aromatic carbocycles. The van der Waals surface area contributed by atoms with E-state index in [0.29, 0.717) is 11.6 Å². The van der Waals surface area contributed by atoms with Gasteiger partial charge in [-0.2, -0.15) is 0 Å². The van der Waals surface area contributed by atoms with E-state index in [0.717, 1.165) is 18.4 Å². The van der Waals surface area contributed by atoms with Gasteiger partial charge in [-0.3, -0.25) is 0 Å². The highest BCUT2D eigenvalue weighted by Crippen LogP contribution is 2.23. The molecule has 0 saturated heterocycles. The van der Waals surface area contributed by atoms with Crippen molar-refractivity contribution in [2.45, 2.75) is 32.2 Å². The molecule has 0 spiro atoms. The lowest BCUT2D eigenvalue weighted by atomic mass is 10.0. The van der Waals surface area contributed by atoms with Crippen LogP contribution in [0.1, 0.15) is 29.8 Å². The quantitative estimate of drug-likeness (QED) is 0.810. The fourth-order valence-electron chi connectivity index (χ4n) is 2.50. The molecular weight excluding hydrogens is 251 g/mol. The second-order valence-electron chi connectivity index (χ2n) is 4.71. The lowest BCUT2D eigenvalue weighted by Crippen LogP contribution is -2.09. The third kappa shape index (κ3) is 2.15. The lowest BCUT2D eigenvalue weighted by molar-refractivity contribution is 0.620. The Hall–Kier alpha value is -1.35. The molecule has 0 radical (unpaired) electrons. The molecule has 1 aliphatic carbocycles. The number of imidazole rings is 1. The molecule has 0 amide bonds. The summed E-state index contributed by atoms with van der Waals surface area (Å²) in [4.78, 5) is 4.45. The zero-order valence-electron chi connectivity index (χ0n) is 10.00. The zero-order chi connectivity index (χ0) is 12.5. The van der Waals surface area contributed by atoms with Crippen LogP contribution in [0, 0.1) is 5.82 Å². The van der Waals surface area contributed by atoms with E-state index >= 15 is 0 Å². The molecule has 18 heavy (non-hydrogen) atoms. The summed E-state index contributed by atoms with van der Waals surface area (Å²) in [6, 6.07) is 4.55. The molecule has 0 N–H and O–H groups in total. The Morgan fingerprint density at radius 3 is 2.94 bits per heavy atom. The molecule has 1 aromatic heterocycles. The highest BCUT2D eigenvalue weighted by Gasteiger charge is 2.15. The van der Waals surface area contributed by atoms with Gasteiger partial charge < -0.3 is 4.57 Å². The fourth-order valence-corrected chi connectivity index (χ4v) is 2.73. The Balaban J connectivity index is 1.90. The maximum absolute atomic E-state index is 13.0. The molecule has 0 atom stereocenters. The van der Waals surface area contributed by atoms with Crippen LogP contribution in [0.3, 0.4) is 0 Å². The number of aryl methyl sites for hydroxylation is 1. The zero-order valence-corrected chi connectivity index (χ0v) is 10.8. The standard InChI is InChI=1S/C14H14ClFN2/c15-12-7-11(16)6-5-10(12)8-18-9-17-13-3-1-2-4-14(13)18/h5-7,9H,1-4,8H2. The fraction of sp³-hybridized carbons (Fsp3) is 0.357. The van der Waals surface area contributed by atoms with Gasteiger partial charge in [0.2, 0.25) is 0 Å². The SMILES string of the molecule is Fc1ccc(Cn2cnc3c2CCCC3)c(Cl)c1. The van der Waals surface area contributed by atoms with Crippen LogP contribution in [0.25, 0.3) is 0 Å². The van der Waals surface area contributed by atoms with E-state index in [9.17, 15) is 4.39 Å². The molecule has 0 saturated carbocycles. The highest BCUT2D eigenvalue weighted by molar-refractivity contribution is 6.31. The Morgan fingerprint density at radius 2 is 2.11 bits per heavy atom. The van der Waals surface area contributed by atoms with Crippen LogP contribution in [-0.4, -0.2) is 9.55 Å². The lowest BCUT2D eigenvalue weighted by Gasteiger charge is -2.14. The minimum absolute atomic E-state index is 0.295. The summed E-state index contributed by atoms with van der Waals surface area (Å²) >= 11 is 6.06. The van der Waals surface area contributed by atoms with Crippen LogP contribution in [0.5, 0.6) is 0 Å². The predicted molar refractivity (Wildman–Crippen MR) is 69.4 cm³/mol. The summed E-state index contributed by atoms with van der Waals surface area (Å²) in [5.41, 5.74) is 3.45. The summed E-state index contributed by atoms with van der Waals surface area (Å²) in [7, 11) is 0. The predicted octanol–water partition coefficient (Wildman–Crippen LogP) is 3.60. The maximum Gasteiger partial charge on any atom is 0.124 e. The topological polar surface area (TPSA) is 17.8 Å². The number of hydrogen-bond donors (Lipinski definition) is 0. The number of aromatic nitrogens is 2. The summed E-state index contributed by atoms with van der Waals surface area (Å²) in [6.45, 7) is 0.668. The monoisotopic (exact) mass is 264 g/mol. The molecule has 4 heteroatoms. The Kier molecular flexibility index (Phi) is 3.08. The first kappa shape index (κ1) is 11.7. The van der Waals surface area contributed by atoms with E-state index in [1.165, 1.54) is 36.4 Å². The van der Waals surface area contributed by atoms with Crippen LogP contribution in [-0.2, 0) is 19.4 Å². The molecule has 0 unspecified atom stereocenters. The molecule has 0 bridgehead atoms. The van der Waals surface area contributed by atoms with Crippen molar-refractivity contribution in [1.29, 1.82) is 0 Å². The van der Waals surface area contributed by atoms with Crippen LogP contribution in [0.15, 0.2) is 24.5 Å². The van der Waals surface area contributed by atoms with Gasteiger partial charge in [0.1, 0.15) is 5.82 Å². The smallest absolute Gasteiger partial charge is 0.124 e. The van der Waals surface area contributed by atoms with E-state index in [1.54, 1.807) is 6.07 Å². The first-order chi connectivity index (χ1) is 8.74. The van der Waals surface area contributed by atoms with E-state index in [2.05, 4.69) is 9.55 Å². The summed E-state index contributed by atoms with van der Waals surface area (Å²) < 4.78 is 15.1.